The number of Topliss-reactive ketones (excluding diaryl/α,β-unsaturated/α-hetero) is 1. The third-order valence-corrected chi connectivity index (χ3v) is 7.31. The Morgan fingerprint density at radius 2 is 1.24 bits per heavy atom. The summed E-state index contributed by atoms with van der Waals surface area (Å²) in [4.78, 5) is 40.8. The molecule has 1 saturated heterocycles. The predicted octanol–water partition coefficient (Wildman–Crippen LogP) is 7.76. The monoisotopic (exact) mass is 519 g/mol. The molecule has 1 unspecified atom stereocenters. The highest BCUT2D eigenvalue weighted by molar-refractivity contribution is 6.16. The van der Waals surface area contributed by atoms with Crippen molar-refractivity contribution in [1.29, 1.82) is 0 Å². The van der Waals surface area contributed by atoms with Crippen molar-refractivity contribution in [2.24, 2.45) is 0 Å². The minimum atomic E-state index is -0.994. The van der Waals surface area contributed by atoms with E-state index in [0.717, 1.165) is 38.6 Å². The Bertz CT molecular complexity index is 650. The number of allylic oxidation sites excluding steroid dienone is 2. The van der Waals surface area contributed by atoms with Crippen LogP contribution in [0.25, 0.3) is 0 Å². The molecule has 1 heterocycles. The van der Waals surface area contributed by atoms with E-state index in [1.54, 1.807) is 0 Å². The molecule has 3 amide bonds. The maximum atomic E-state index is 12.7. The first-order valence-corrected chi connectivity index (χ1v) is 15.5. The number of nitrogens with one attached hydrogen (secondary N) is 1. The standard InChI is InChI=1S/C31H57N3O3/c1-4-6-8-10-12-13-14-15-16-17-18-19-20-21-23-25-28(35)29-30(36)34(31(37)32-29)27-33(3)26-24-22-11-9-7-5-2/h15-16,29H,4-14,17-27H2,1-3H3,(H,32,37). The molecule has 1 fully saturated rings. The van der Waals surface area contributed by atoms with Crippen LogP contribution < -0.4 is 5.32 Å². The molecule has 0 bridgehead atoms. The van der Waals surface area contributed by atoms with Gasteiger partial charge in [0, 0.05) is 6.42 Å². The van der Waals surface area contributed by atoms with E-state index >= 15 is 0 Å². The van der Waals surface area contributed by atoms with Crippen molar-refractivity contribution in [3.8, 4) is 0 Å². The van der Waals surface area contributed by atoms with E-state index in [4.69, 9.17) is 0 Å². The molecule has 6 nitrogen and oxygen atoms in total. The van der Waals surface area contributed by atoms with Gasteiger partial charge in [-0.1, -0.05) is 109 Å². The van der Waals surface area contributed by atoms with Crippen LogP contribution in [0.4, 0.5) is 4.79 Å². The Balaban J connectivity index is 2.08. The second-order valence-corrected chi connectivity index (χ2v) is 10.9. The van der Waals surface area contributed by atoms with Crippen LogP contribution in [0.1, 0.15) is 142 Å². The van der Waals surface area contributed by atoms with E-state index < -0.39 is 18.0 Å². The molecule has 0 aliphatic carbocycles. The molecule has 1 N–H and O–H groups in total. The van der Waals surface area contributed by atoms with E-state index in [-0.39, 0.29) is 12.5 Å². The summed E-state index contributed by atoms with van der Waals surface area (Å²) in [5.74, 6) is -0.547. The number of hydrogen-bond acceptors (Lipinski definition) is 4. The molecular formula is C31H57N3O3. The first kappa shape index (κ1) is 33.3. The number of unbranched alkanes of at least 4 members (excludes halogenated alkanes) is 16. The lowest BCUT2D eigenvalue weighted by atomic mass is 10.0. The van der Waals surface area contributed by atoms with Crippen molar-refractivity contribution in [3.63, 3.8) is 0 Å². The lowest BCUT2D eigenvalue weighted by Gasteiger charge is -2.22. The first-order valence-electron chi connectivity index (χ1n) is 15.5. The lowest BCUT2D eigenvalue weighted by molar-refractivity contribution is -0.134. The minimum absolute atomic E-state index is 0.156. The molecule has 214 valence electrons. The zero-order valence-electron chi connectivity index (χ0n) is 24.4. The van der Waals surface area contributed by atoms with Gasteiger partial charge in [0.1, 0.15) is 0 Å². The average molecular weight is 520 g/mol. The molecule has 0 aromatic rings. The molecule has 0 aromatic carbocycles. The van der Waals surface area contributed by atoms with Crippen molar-refractivity contribution < 1.29 is 14.4 Å². The largest absolute Gasteiger partial charge is 0.326 e. The van der Waals surface area contributed by atoms with Crippen LogP contribution in [-0.2, 0) is 9.59 Å². The van der Waals surface area contributed by atoms with Gasteiger partial charge >= 0.3 is 6.03 Å². The Kier molecular flexibility index (Phi) is 20.1. The fourth-order valence-corrected chi connectivity index (χ4v) is 4.86. The van der Waals surface area contributed by atoms with Gasteiger partial charge in [0.15, 0.2) is 11.8 Å². The highest BCUT2D eigenvalue weighted by Gasteiger charge is 2.41. The third kappa shape index (κ3) is 16.0. The molecule has 1 atom stereocenters. The Morgan fingerprint density at radius 1 is 0.757 bits per heavy atom. The van der Waals surface area contributed by atoms with Crippen LogP contribution in [0.5, 0.6) is 0 Å². The number of urea groups is 1. The van der Waals surface area contributed by atoms with E-state index in [1.807, 2.05) is 11.9 Å². The number of imide groups is 1. The van der Waals surface area contributed by atoms with E-state index in [2.05, 4.69) is 31.3 Å². The van der Waals surface area contributed by atoms with Gasteiger partial charge in [-0.3, -0.25) is 14.5 Å². The Hall–Kier alpha value is -1.69. The highest BCUT2D eigenvalue weighted by Crippen LogP contribution is 2.14. The van der Waals surface area contributed by atoms with E-state index in [9.17, 15) is 14.4 Å². The van der Waals surface area contributed by atoms with E-state index in [0.29, 0.717) is 6.42 Å². The molecule has 0 radical (unpaired) electrons. The lowest BCUT2D eigenvalue weighted by Crippen LogP contribution is -2.41. The summed E-state index contributed by atoms with van der Waals surface area (Å²) in [5.41, 5.74) is 0. The summed E-state index contributed by atoms with van der Waals surface area (Å²) in [6.45, 7) is 5.56. The van der Waals surface area contributed by atoms with Crippen LogP contribution in [0.15, 0.2) is 12.2 Å². The second-order valence-electron chi connectivity index (χ2n) is 10.9. The van der Waals surface area contributed by atoms with Gasteiger partial charge in [0.25, 0.3) is 5.91 Å². The number of amides is 3. The summed E-state index contributed by atoms with van der Waals surface area (Å²) in [6, 6.07) is -1.44. The van der Waals surface area contributed by atoms with Gasteiger partial charge in [0.2, 0.25) is 0 Å². The van der Waals surface area contributed by atoms with Crippen molar-refractivity contribution in [2.75, 3.05) is 20.3 Å². The molecule has 1 aliphatic rings. The Labute approximate surface area is 228 Å². The Morgan fingerprint density at radius 3 is 1.81 bits per heavy atom. The van der Waals surface area contributed by atoms with Crippen molar-refractivity contribution in [2.45, 2.75) is 148 Å². The molecular weight excluding hydrogens is 462 g/mol. The van der Waals surface area contributed by atoms with Gasteiger partial charge in [-0.2, -0.15) is 0 Å². The van der Waals surface area contributed by atoms with Gasteiger partial charge < -0.3 is 5.32 Å². The molecule has 0 spiro atoms. The van der Waals surface area contributed by atoms with Crippen LogP contribution in [0.2, 0.25) is 0 Å². The van der Waals surface area contributed by atoms with Crippen LogP contribution in [-0.4, -0.2) is 53.8 Å². The van der Waals surface area contributed by atoms with Gasteiger partial charge in [-0.15, -0.1) is 0 Å². The zero-order chi connectivity index (χ0) is 27.1. The summed E-state index contributed by atoms with van der Waals surface area (Å²) < 4.78 is 0. The number of rotatable bonds is 25. The van der Waals surface area contributed by atoms with Gasteiger partial charge in [0.05, 0.1) is 6.67 Å². The van der Waals surface area contributed by atoms with Crippen molar-refractivity contribution in [1.82, 2.24) is 15.1 Å². The van der Waals surface area contributed by atoms with E-state index in [1.165, 1.54) is 94.8 Å². The SMILES string of the molecule is CCCCCCCCC=CCCCCCCCC(=O)C1NC(=O)N(CN(C)CCCCCCCC)C1=O. The highest BCUT2D eigenvalue weighted by atomic mass is 16.2. The molecule has 0 aromatic heterocycles. The van der Waals surface area contributed by atoms with Crippen molar-refractivity contribution >= 4 is 17.7 Å². The molecule has 1 rings (SSSR count). The van der Waals surface area contributed by atoms with Crippen LogP contribution in [0, 0.1) is 0 Å². The third-order valence-electron chi connectivity index (χ3n) is 7.31. The smallest absolute Gasteiger partial charge is 0.319 e. The van der Waals surface area contributed by atoms with Crippen molar-refractivity contribution in [3.05, 3.63) is 12.2 Å². The normalized spacial score (nSPS) is 15.9. The molecule has 37 heavy (non-hydrogen) atoms. The van der Waals surface area contributed by atoms with Crippen LogP contribution in [0.3, 0.4) is 0 Å². The van der Waals surface area contributed by atoms with Crippen LogP contribution >= 0.6 is 0 Å². The molecule has 6 heteroatoms. The summed E-state index contributed by atoms with van der Waals surface area (Å²) >= 11 is 0. The van der Waals surface area contributed by atoms with Gasteiger partial charge in [-0.05, 0) is 52.1 Å². The fraction of sp³-hybridized carbons (Fsp3) is 0.839. The maximum absolute atomic E-state index is 12.7. The minimum Gasteiger partial charge on any atom is -0.319 e. The van der Waals surface area contributed by atoms with Gasteiger partial charge in [-0.25, -0.2) is 9.69 Å². The number of carbonyl (C=O) groups is 3. The first-order chi connectivity index (χ1) is 18.0. The topological polar surface area (TPSA) is 69.7 Å². The quantitative estimate of drug-likeness (QED) is 0.0579. The number of carbonyl (C=O) groups excluding carboxylic acids is 3. The number of nitrogens with zero attached hydrogens (tertiary/aromatic N) is 2. The number of hydrogen-bond donors (Lipinski definition) is 1. The zero-order valence-corrected chi connectivity index (χ0v) is 24.4. The molecule has 0 saturated carbocycles. The second kappa shape index (κ2) is 22.3. The summed E-state index contributed by atoms with van der Waals surface area (Å²) in [6.07, 6.45) is 28.0. The predicted molar refractivity (Wildman–Crippen MR) is 154 cm³/mol. The molecule has 1 aliphatic heterocycles. The average Bonchev–Trinajstić information content (AvgIpc) is 3.16. The number of ketones is 1. The fourth-order valence-electron chi connectivity index (χ4n) is 4.86. The summed E-state index contributed by atoms with van der Waals surface area (Å²) in [7, 11) is 1.92. The maximum Gasteiger partial charge on any atom is 0.326 e. The summed E-state index contributed by atoms with van der Waals surface area (Å²) in [5, 5.41) is 2.61.